The lowest BCUT2D eigenvalue weighted by Gasteiger charge is -2.32. The summed E-state index contributed by atoms with van der Waals surface area (Å²) in [6, 6.07) is 4.11. The van der Waals surface area contributed by atoms with E-state index in [2.05, 4.69) is 10.2 Å². The number of rotatable bonds is 3. The highest BCUT2D eigenvalue weighted by molar-refractivity contribution is 5.53. The van der Waals surface area contributed by atoms with Gasteiger partial charge in [0.25, 0.3) is 0 Å². The average Bonchev–Trinajstić information content (AvgIpc) is 2.87. The molecule has 0 saturated carbocycles. The van der Waals surface area contributed by atoms with Crippen LogP contribution in [-0.4, -0.2) is 45.4 Å². The van der Waals surface area contributed by atoms with Crippen molar-refractivity contribution in [2.45, 2.75) is 44.3 Å². The van der Waals surface area contributed by atoms with Gasteiger partial charge in [0.05, 0.1) is 0 Å². The van der Waals surface area contributed by atoms with Crippen LogP contribution >= 0.6 is 0 Å². The van der Waals surface area contributed by atoms with Gasteiger partial charge in [0.1, 0.15) is 0 Å². The minimum atomic E-state index is -0.435. The molecule has 0 amide bonds. The molecule has 2 fully saturated rings. The van der Waals surface area contributed by atoms with Crippen LogP contribution in [0.5, 0.6) is 17.2 Å². The van der Waals surface area contributed by atoms with Crippen molar-refractivity contribution in [2.24, 2.45) is 0 Å². The molecule has 5 heteroatoms. The lowest BCUT2D eigenvalue weighted by Crippen LogP contribution is -2.44. The van der Waals surface area contributed by atoms with E-state index < -0.39 is 5.75 Å². The molecule has 0 aliphatic carbocycles. The van der Waals surface area contributed by atoms with Crippen LogP contribution in [0, 0.1) is 0 Å². The van der Waals surface area contributed by atoms with Crippen LogP contribution in [0.15, 0.2) is 12.1 Å². The van der Waals surface area contributed by atoms with Crippen LogP contribution in [0.4, 0.5) is 0 Å². The Kier molecular flexibility index (Phi) is 3.72. The van der Waals surface area contributed by atoms with Gasteiger partial charge in [-0.3, -0.25) is 4.90 Å². The van der Waals surface area contributed by atoms with E-state index >= 15 is 0 Å². The third kappa shape index (κ3) is 2.43. The third-order valence-electron chi connectivity index (χ3n) is 4.62. The number of aromatic hydroxyl groups is 3. The molecule has 5 nitrogen and oxygen atoms in total. The van der Waals surface area contributed by atoms with Gasteiger partial charge in [0.2, 0.25) is 5.75 Å². The minimum Gasteiger partial charge on any atom is -0.504 e. The fourth-order valence-electron chi connectivity index (χ4n) is 3.48. The van der Waals surface area contributed by atoms with Gasteiger partial charge in [0, 0.05) is 30.7 Å². The summed E-state index contributed by atoms with van der Waals surface area (Å²) >= 11 is 0. The van der Waals surface area contributed by atoms with Gasteiger partial charge < -0.3 is 20.6 Å². The zero-order valence-corrected chi connectivity index (χ0v) is 11.5. The van der Waals surface area contributed by atoms with Gasteiger partial charge in [-0.15, -0.1) is 0 Å². The second-order valence-corrected chi connectivity index (χ2v) is 5.82. The molecule has 2 aliphatic heterocycles. The molecule has 0 radical (unpaired) electrons. The smallest absolute Gasteiger partial charge is 0.200 e. The first kappa shape index (κ1) is 13.5. The van der Waals surface area contributed by atoms with E-state index in [1.54, 1.807) is 6.07 Å². The number of fused-ring (bicyclic) bond motifs is 1. The van der Waals surface area contributed by atoms with Gasteiger partial charge in [-0.2, -0.15) is 0 Å². The average molecular weight is 278 g/mol. The van der Waals surface area contributed by atoms with E-state index in [0.29, 0.717) is 24.2 Å². The minimum absolute atomic E-state index is 0.226. The van der Waals surface area contributed by atoms with Crippen LogP contribution in [0.25, 0.3) is 0 Å². The zero-order chi connectivity index (χ0) is 14.1. The number of piperidine rings is 1. The maximum absolute atomic E-state index is 9.82. The Morgan fingerprint density at radius 3 is 2.75 bits per heavy atom. The quantitative estimate of drug-likeness (QED) is 0.631. The zero-order valence-electron chi connectivity index (χ0n) is 11.5. The normalized spacial score (nSPS) is 26.6. The molecule has 3 rings (SSSR count). The van der Waals surface area contributed by atoms with Crippen LogP contribution in [-0.2, 0) is 6.54 Å². The van der Waals surface area contributed by atoms with E-state index in [-0.39, 0.29) is 11.5 Å². The lowest BCUT2D eigenvalue weighted by molar-refractivity contribution is 0.180. The molecular formula is C15H22N2O3. The Labute approximate surface area is 118 Å². The summed E-state index contributed by atoms with van der Waals surface area (Å²) < 4.78 is 0. The van der Waals surface area contributed by atoms with Crippen molar-refractivity contribution in [1.29, 1.82) is 0 Å². The molecular weight excluding hydrogens is 256 g/mol. The van der Waals surface area contributed by atoms with Gasteiger partial charge in [-0.25, -0.2) is 0 Å². The van der Waals surface area contributed by atoms with E-state index in [1.165, 1.54) is 31.9 Å². The predicted octanol–water partition coefficient (Wildman–Crippen LogP) is 1.52. The summed E-state index contributed by atoms with van der Waals surface area (Å²) in [6.45, 7) is 2.86. The fraction of sp³-hybridized carbons (Fsp3) is 0.600. The standard InChI is InChI=1S/C15H22N2O3/c18-13-5-4-10(14(19)15(13)20)9-16-11-6-8-17-7-2-1-3-12(11)17/h4-5,11-12,16,18-20H,1-3,6-9H2. The molecule has 2 aliphatic rings. The van der Waals surface area contributed by atoms with Gasteiger partial charge in [-0.1, -0.05) is 12.5 Å². The maximum Gasteiger partial charge on any atom is 0.200 e. The highest BCUT2D eigenvalue weighted by Crippen LogP contribution is 2.37. The summed E-state index contributed by atoms with van der Waals surface area (Å²) in [5, 5.41) is 32.2. The topological polar surface area (TPSA) is 76.0 Å². The molecule has 1 aromatic rings. The molecule has 1 aromatic carbocycles. The summed E-state index contributed by atoms with van der Waals surface area (Å²) in [4.78, 5) is 2.55. The van der Waals surface area contributed by atoms with Crippen molar-refractivity contribution in [1.82, 2.24) is 10.2 Å². The fourth-order valence-corrected chi connectivity index (χ4v) is 3.48. The molecule has 110 valence electrons. The second kappa shape index (κ2) is 5.50. The van der Waals surface area contributed by atoms with Crippen molar-refractivity contribution in [3.8, 4) is 17.2 Å². The molecule has 0 bridgehead atoms. The summed E-state index contributed by atoms with van der Waals surface area (Å²) in [5.41, 5.74) is 0.620. The number of hydrogen-bond acceptors (Lipinski definition) is 5. The van der Waals surface area contributed by atoms with E-state index in [4.69, 9.17) is 0 Å². The van der Waals surface area contributed by atoms with E-state index in [9.17, 15) is 15.3 Å². The van der Waals surface area contributed by atoms with Crippen molar-refractivity contribution in [3.05, 3.63) is 17.7 Å². The van der Waals surface area contributed by atoms with Crippen molar-refractivity contribution < 1.29 is 15.3 Å². The Balaban J connectivity index is 1.64. The number of phenolic OH excluding ortho intramolecular Hbond substituents is 3. The van der Waals surface area contributed by atoms with Crippen LogP contribution < -0.4 is 5.32 Å². The number of benzene rings is 1. The van der Waals surface area contributed by atoms with Crippen molar-refractivity contribution in [3.63, 3.8) is 0 Å². The molecule has 0 spiro atoms. The van der Waals surface area contributed by atoms with Crippen LogP contribution in [0.2, 0.25) is 0 Å². The summed E-state index contributed by atoms with van der Waals surface area (Å²) in [7, 11) is 0. The Morgan fingerprint density at radius 2 is 1.90 bits per heavy atom. The molecule has 2 saturated heterocycles. The molecule has 2 atom stereocenters. The van der Waals surface area contributed by atoms with Gasteiger partial charge >= 0.3 is 0 Å². The first-order valence-corrected chi connectivity index (χ1v) is 7.37. The molecule has 2 unspecified atom stereocenters. The monoisotopic (exact) mass is 278 g/mol. The summed E-state index contributed by atoms with van der Waals surface area (Å²) in [5.74, 6) is -0.948. The van der Waals surface area contributed by atoms with Crippen LogP contribution in [0.3, 0.4) is 0 Å². The number of hydrogen-bond donors (Lipinski definition) is 4. The number of nitrogens with zero attached hydrogens (tertiary/aromatic N) is 1. The highest BCUT2D eigenvalue weighted by Gasteiger charge is 2.35. The van der Waals surface area contributed by atoms with E-state index in [1.807, 2.05) is 0 Å². The lowest BCUT2D eigenvalue weighted by atomic mass is 9.99. The largest absolute Gasteiger partial charge is 0.504 e. The second-order valence-electron chi connectivity index (χ2n) is 5.82. The third-order valence-corrected chi connectivity index (χ3v) is 4.62. The van der Waals surface area contributed by atoms with Gasteiger partial charge in [-0.05, 0) is 31.9 Å². The van der Waals surface area contributed by atoms with Crippen LogP contribution in [0.1, 0.15) is 31.2 Å². The van der Waals surface area contributed by atoms with Crippen molar-refractivity contribution in [2.75, 3.05) is 13.1 Å². The highest BCUT2D eigenvalue weighted by atomic mass is 16.3. The van der Waals surface area contributed by atoms with Crippen molar-refractivity contribution >= 4 is 0 Å². The first-order chi connectivity index (χ1) is 9.66. The van der Waals surface area contributed by atoms with Gasteiger partial charge in [0.15, 0.2) is 11.5 Å². The predicted molar refractivity (Wildman–Crippen MR) is 75.9 cm³/mol. The molecule has 20 heavy (non-hydrogen) atoms. The number of nitrogens with one attached hydrogen (secondary N) is 1. The Bertz CT molecular complexity index is 492. The summed E-state index contributed by atoms with van der Waals surface area (Å²) in [6.07, 6.45) is 4.97. The maximum atomic E-state index is 9.82. The Hall–Kier alpha value is -1.46. The molecule has 2 heterocycles. The first-order valence-electron chi connectivity index (χ1n) is 7.37. The molecule has 4 N–H and O–H groups in total. The Morgan fingerprint density at radius 1 is 1.05 bits per heavy atom. The molecule has 0 aromatic heterocycles. The van der Waals surface area contributed by atoms with E-state index in [0.717, 1.165) is 13.0 Å². The SMILES string of the molecule is Oc1ccc(CNC2CCN3CCCCC23)c(O)c1O. The number of phenols is 3.